The second-order valence-electron chi connectivity index (χ2n) is 4.62. The number of para-hydroxylation sites is 1. The first-order valence-electron chi connectivity index (χ1n) is 6.71. The lowest BCUT2D eigenvalue weighted by molar-refractivity contribution is 0.268. The van der Waals surface area contributed by atoms with Gasteiger partial charge in [-0.2, -0.15) is 0 Å². The molecule has 0 aliphatic heterocycles. The predicted octanol–water partition coefficient (Wildman–Crippen LogP) is 3.01. The standard InChI is InChI=1S/C15H20N2O2S/c1-3-18-14-6-4-5-12(7-11(2)16)15(14)19-9-13-8-17-10-20-13/h4-6,8,10-11H,3,7,9,16H2,1-2H3. The van der Waals surface area contributed by atoms with E-state index in [2.05, 4.69) is 4.98 Å². The third kappa shape index (κ3) is 3.95. The van der Waals surface area contributed by atoms with Crippen molar-refractivity contribution in [3.8, 4) is 11.5 Å². The van der Waals surface area contributed by atoms with Gasteiger partial charge in [0.2, 0.25) is 0 Å². The van der Waals surface area contributed by atoms with Crippen LogP contribution < -0.4 is 15.2 Å². The quantitative estimate of drug-likeness (QED) is 0.852. The Kier molecular flexibility index (Phi) is 5.38. The van der Waals surface area contributed by atoms with Gasteiger partial charge in [-0.1, -0.05) is 12.1 Å². The molecule has 0 saturated heterocycles. The van der Waals surface area contributed by atoms with Crippen LogP contribution in [0.1, 0.15) is 24.3 Å². The summed E-state index contributed by atoms with van der Waals surface area (Å²) in [5, 5.41) is 0. The third-order valence-corrected chi connectivity index (χ3v) is 3.50. The fourth-order valence-corrected chi connectivity index (χ4v) is 2.46. The first-order chi connectivity index (χ1) is 9.70. The maximum atomic E-state index is 5.96. The zero-order valence-corrected chi connectivity index (χ0v) is 12.7. The summed E-state index contributed by atoms with van der Waals surface area (Å²) in [5.74, 6) is 1.57. The highest BCUT2D eigenvalue weighted by Crippen LogP contribution is 2.33. The minimum Gasteiger partial charge on any atom is -0.490 e. The monoisotopic (exact) mass is 292 g/mol. The molecule has 0 saturated carbocycles. The summed E-state index contributed by atoms with van der Waals surface area (Å²) < 4.78 is 11.6. The van der Waals surface area contributed by atoms with Crippen LogP contribution >= 0.6 is 11.3 Å². The number of nitrogens with zero attached hydrogens (tertiary/aromatic N) is 1. The Labute approximate surface area is 123 Å². The number of aromatic nitrogens is 1. The summed E-state index contributed by atoms with van der Waals surface area (Å²) in [6, 6.07) is 6.02. The molecule has 2 aromatic rings. The molecular formula is C15H20N2O2S. The molecule has 108 valence electrons. The summed E-state index contributed by atoms with van der Waals surface area (Å²) >= 11 is 1.58. The van der Waals surface area contributed by atoms with E-state index in [4.69, 9.17) is 15.2 Å². The molecule has 0 aliphatic carbocycles. The minimum atomic E-state index is 0.0811. The number of nitrogens with two attached hydrogens (primary N) is 1. The number of rotatable bonds is 7. The molecule has 0 aliphatic rings. The lowest BCUT2D eigenvalue weighted by Crippen LogP contribution is -2.18. The molecule has 0 bridgehead atoms. The van der Waals surface area contributed by atoms with Gasteiger partial charge in [-0.15, -0.1) is 11.3 Å². The number of benzene rings is 1. The average Bonchev–Trinajstić information content (AvgIpc) is 2.91. The summed E-state index contributed by atoms with van der Waals surface area (Å²) in [6.07, 6.45) is 2.58. The topological polar surface area (TPSA) is 57.4 Å². The van der Waals surface area contributed by atoms with Gasteiger partial charge in [0.15, 0.2) is 11.5 Å². The van der Waals surface area contributed by atoms with E-state index >= 15 is 0 Å². The van der Waals surface area contributed by atoms with Crippen LogP contribution in [0.25, 0.3) is 0 Å². The average molecular weight is 292 g/mol. The van der Waals surface area contributed by atoms with Gasteiger partial charge in [-0.25, -0.2) is 0 Å². The minimum absolute atomic E-state index is 0.0811. The second-order valence-corrected chi connectivity index (χ2v) is 5.59. The van der Waals surface area contributed by atoms with Gasteiger partial charge >= 0.3 is 0 Å². The molecule has 4 nitrogen and oxygen atoms in total. The summed E-state index contributed by atoms with van der Waals surface area (Å²) in [7, 11) is 0. The smallest absolute Gasteiger partial charge is 0.164 e. The molecule has 0 spiro atoms. The third-order valence-electron chi connectivity index (χ3n) is 2.74. The number of thiazole rings is 1. The van der Waals surface area contributed by atoms with Crippen molar-refractivity contribution in [2.45, 2.75) is 32.9 Å². The first kappa shape index (κ1) is 14.8. The highest BCUT2D eigenvalue weighted by Gasteiger charge is 2.13. The van der Waals surface area contributed by atoms with Gasteiger partial charge in [0.1, 0.15) is 6.61 Å². The molecule has 5 heteroatoms. The highest BCUT2D eigenvalue weighted by atomic mass is 32.1. The van der Waals surface area contributed by atoms with E-state index in [1.165, 1.54) is 0 Å². The van der Waals surface area contributed by atoms with Crippen LogP contribution in [-0.2, 0) is 13.0 Å². The lowest BCUT2D eigenvalue weighted by atomic mass is 10.1. The number of hydrogen-bond acceptors (Lipinski definition) is 5. The maximum absolute atomic E-state index is 5.96. The maximum Gasteiger partial charge on any atom is 0.164 e. The molecule has 1 atom stereocenters. The van der Waals surface area contributed by atoms with Crippen molar-refractivity contribution in [3.63, 3.8) is 0 Å². The molecule has 1 aromatic heterocycles. The zero-order valence-electron chi connectivity index (χ0n) is 11.8. The predicted molar refractivity (Wildman–Crippen MR) is 81.4 cm³/mol. The molecular weight excluding hydrogens is 272 g/mol. The van der Waals surface area contributed by atoms with E-state index in [0.29, 0.717) is 13.2 Å². The largest absolute Gasteiger partial charge is 0.490 e. The van der Waals surface area contributed by atoms with E-state index < -0.39 is 0 Å². The fourth-order valence-electron chi connectivity index (χ4n) is 1.96. The Morgan fingerprint density at radius 3 is 2.85 bits per heavy atom. The molecule has 20 heavy (non-hydrogen) atoms. The highest BCUT2D eigenvalue weighted by molar-refractivity contribution is 7.09. The van der Waals surface area contributed by atoms with Gasteiger partial charge < -0.3 is 15.2 Å². The van der Waals surface area contributed by atoms with E-state index in [-0.39, 0.29) is 6.04 Å². The fraction of sp³-hybridized carbons (Fsp3) is 0.400. The van der Waals surface area contributed by atoms with Crippen molar-refractivity contribution in [3.05, 3.63) is 40.3 Å². The Bertz CT molecular complexity index is 527. The molecule has 2 rings (SSSR count). The Balaban J connectivity index is 2.20. The number of ether oxygens (including phenoxy) is 2. The van der Waals surface area contributed by atoms with Gasteiger partial charge in [0.05, 0.1) is 17.0 Å². The zero-order chi connectivity index (χ0) is 14.4. The second kappa shape index (κ2) is 7.26. The van der Waals surface area contributed by atoms with Crippen molar-refractivity contribution in [2.75, 3.05) is 6.61 Å². The van der Waals surface area contributed by atoms with Gasteiger partial charge in [0, 0.05) is 12.2 Å². The van der Waals surface area contributed by atoms with E-state index in [1.807, 2.05) is 38.2 Å². The van der Waals surface area contributed by atoms with E-state index in [0.717, 1.165) is 28.4 Å². The Morgan fingerprint density at radius 1 is 1.35 bits per heavy atom. The van der Waals surface area contributed by atoms with E-state index in [1.54, 1.807) is 16.8 Å². The van der Waals surface area contributed by atoms with Crippen LogP contribution in [0, 0.1) is 0 Å². The van der Waals surface area contributed by atoms with E-state index in [9.17, 15) is 0 Å². The van der Waals surface area contributed by atoms with Crippen LogP contribution in [0.15, 0.2) is 29.9 Å². The van der Waals surface area contributed by atoms with Crippen molar-refractivity contribution >= 4 is 11.3 Å². The SMILES string of the molecule is CCOc1cccc(CC(C)N)c1OCc1cncs1. The normalized spacial score (nSPS) is 12.2. The Morgan fingerprint density at radius 2 is 2.20 bits per heavy atom. The van der Waals surface area contributed by atoms with Gasteiger partial charge in [-0.3, -0.25) is 4.98 Å². The molecule has 0 fully saturated rings. The molecule has 2 N–H and O–H groups in total. The molecule has 1 aromatic carbocycles. The Hall–Kier alpha value is -1.59. The van der Waals surface area contributed by atoms with Crippen molar-refractivity contribution in [2.24, 2.45) is 5.73 Å². The van der Waals surface area contributed by atoms with Crippen LogP contribution in [0.2, 0.25) is 0 Å². The number of hydrogen-bond donors (Lipinski definition) is 1. The van der Waals surface area contributed by atoms with Crippen LogP contribution in [0.5, 0.6) is 11.5 Å². The summed E-state index contributed by atoms with van der Waals surface area (Å²) in [6.45, 7) is 5.06. The van der Waals surface area contributed by atoms with Crippen molar-refractivity contribution in [1.29, 1.82) is 0 Å². The summed E-state index contributed by atoms with van der Waals surface area (Å²) in [4.78, 5) is 5.14. The first-order valence-corrected chi connectivity index (χ1v) is 7.59. The van der Waals surface area contributed by atoms with Crippen molar-refractivity contribution in [1.82, 2.24) is 4.98 Å². The lowest BCUT2D eigenvalue weighted by Gasteiger charge is -2.16. The molecule has 0 radical (unpaired) electrons. The molecule has 1 unspecified atom stereocenters. The van der Waals surface area contributed by atoms with Crippen molar-refractivity contribution < 1.29 is 9.47 Å². The van der Waals surface area contributed by atoms with Crippen LogP contribution in [0.3, 0.4) is 0 Å². The van der Waals surface area contributed by atoms with Gasteiger partial charge in [0.25, 0.3) is 0 Å². The van der Waals surface area contributed by atoms with Crippen LogP contribution in [-0.4, -0.2) is 17.6 Å². The van der Waals surface area contributed by atoms with Crippen LogP contribution in [0.4, 0.5) is 0 Å². The van der Waals surface area contributed by atoms with Gasteiger partial charge in [-0.05, 0) is 31.9 Å². The molecule has 1 heterocycles. The molecule has 0 amide bonds. The summed E-state index contributed by atoms with van der Waals surface area (Å²) in [5.41, 5.74) is 8.78.